The van der Waals surface area contributed by atoms with Crippen molar-refractivity contribution in [3.8, 4) is 0 Å². The largest absolute Gasteiger partial charge is 0.388 e. The number of hydrogen-bond donors (Lipinski definition) is 1. The average molecular weight is 236 g/mol. The number of aliphatic hydroxyl groups excluding tert-OH is 1. The van der Waals surface area contributed by atoms with Crippen molar-refractivity contribution in [2.24, 2.45) is 0 Å². The Labute approximate surface area is 104 Å². The van der Waals surface area contributed by atoms with E-state index in [1.807, 2.05) is 0 Å². The fraction of sp³-hybridized carbons (Fsp3) is 0.714. The number of likely N-dealkylation sites (N-methyl/N-ethyl adjacent to an activating group) is 1. The monoisotopic (exact) mass is 236 g/mol. The van der Waals surface area contributed by atoms with Gasteiger partial charge < -0.3 is 14.6 Å². The Morgan fingerprint density at radius 2 is 2.12 bits per heavy atom. The lowest BCUT2D eigenvalue weighted by atomic mass is 9.93. The molecule has 0 amide bonds. The number of aliphatic hydroxyl groups is 1. The fourth-order valence-corrected chi connectivity index (χ4v) is 2.65. The van der Waals surface area contributed by atoms with E-state index in [0.29, 0.717) is 0 Å². The van der Waals surface area contributed by atoms with E-state index in [2.05, 4.69) is 35.7 Å². The Hall–Kier alpha value is -0.800. The number of fused-ring (bicyclic) bond motifs is 1. The molecule has 3 heteroatoms. The maximum atomic E-state index is 9.92. The van der Waals surface area contributed by atoms with Crippen LogP contribution in [0.5, 0.6) is 0 Å². The minimum absolute atomic E-state index is 0.228. The summed E-state index contributed by atoms with van der Waals surface area (Å²) in [5.74, 6) is 0. The topological polar surface area (TPSA) is 28.4 Å². The quantitative estimate of drug-likeness (QED) is 0.849. The van der Waals surface area contributed by atoms with Crippen LogP contribution in [0.15, 0.2) is 12.4 Å². The molecule has 0 bridgehead atoms. The van der Waals surface area contributed by atoms with E-state index < -0.39 is 0 Å². The second kappa shape index (κ2) is 5.69. The smallest absolute Gasteiger partial charge is 0.0807 e. The summed E-state index contributed by atoms with van der Waals surface area (Å²) in [7, 11) is 0. The summed E-state index contributed by atoms with van der Waals surface area (Å²) < 4.78 is 2.25. The maximum absolute atomic E-state index is 9.92. The highest BCUT2D eigenvalue weighted by molar-refractivity contribution is 5.28. The summed E-state index contributed by atoms with van der Waals surface area (Å²) >= 11 is 0. The summed E-state index contributed by atoms with van der Waals surface area (Å²) in [5.41, 5.74) is 2.51. The molecule has 0 saturated heterocycles. The van der Waals surface area contributed by atoms with Crippen LogP contribution in [0, 0.1) is 0 Å². The lowest BCUT2D eigenvalue weighted by Gasteiger charge is -2.18. The van der Waals surface area contributed by atoms with Crippen molar-refractivity contribution in [2.75, 3.05) is 19.6 Å². The van der Waals surface area contributed by atoms with Gasteiger partial charge in [-0.25, -0.2) is 0 Å². The second-order valence-electron chi connectivity index (χ2n) is 4.91. The van der Waals surface area contributed by atoms with E-state index in [-0.39, 0.29) is 6.10 Å². The number of hydrogen-bond acceptors (Lipinski definition) is 2. The Morgan fingerprint density at radius 3 is 2.76 bits per heavy atom. The fourth-order valence-electron chi connectivity index (χ4n) is 2.65. The minimum atomic E-state index is -0.228. The number of rotatable bonds is 5. The molecule has 2 rings (SSSR count). The average Bonchev–Trinajstić information content (AvgIpc) is 2.75. The third-order valence-corrected chi connectivity index (χ3v) is 3.85. The van der Waals surface area contributed by atoms with Crippen molar-refractivity contribution in [2.45, 2.75) is 45.8 Å². The van der Waals surface area contributed by atoms with Crippen molar-refractivity contribution in [1.82, 2.24) is 9.47 Å². The Morgan fingerprint density at radius 1 is 1.35 bits per heavy atom. The highest BCUT2D eigenvalue weighted by atomic mass is 16.3. The molecule has 0 fully saturated rings. The zero-order valence-corrected chi connectivity index (χ0v) is 11.0. The van der Waals surface area contributed by atoms with Crippen LogP contribution in [0.25, 0.3) is 0 Å². The normalized spacial score (nSPS) is 19.6. The second-order valence-corrected chi connectivity index (χ2v) is 4.91. The SMILES string of the molecule is CCN(CC)CCn1cc2c(c1)C(O)CCC2. The van der Waals surface area contributed by atoms with Gasteiger partial charge in [-0.1, -0.05) is 13.8 Å². The highest BCUT2D eigenvalue weighted by Gasteiger charge is 2.19. The van der Waals surface area contributed by atoms with Gasteiger partial charge in [-0.05, 0) is 37.9 Å². The molecule has 0 aromatic carbocycles. The van der Waals surface area contributed by atoms with Crippen LogP contribution >= 0.6 is 0 Å². The summed E-state index contributed by atoms with van der Waals surface area (Å²) in [6.45, 7) is 8.75. The van der Waals surface area contributed by atoms with Gasteiger partial charge in [0.15, 0.2) is 0 Å². The Kier molecular flexibility index (Phi) is 4.24. The van der Waals surface area contributed by atoms with Gasteiger partial charge in [-0.3, -0.25) is 0 Å². The van der Waals surface area contributed by atoms with Crippen LogP contribution < -0.4 is 0 Å². The molecule has 96 valence electrons. The van der Waals surface area contributed by atoms with Crippen LogP contribution in [-0.4, -0.2) is 34.2 Å². The van der Waals surface area contributed by atoms with Gasteiger partial charge in [-0.15, -0.1) is 0 Å². The molecule has 0 spiro atoms. The molecule has 1 heterocycles. The van der Waals surface area contributed by atoms with Gasteiger partial charge in [0, 0.05) is 31.0 Å². The summed E-state index contributed by atoms with van der Waals surface area (Å²) in [4.78, 5) is 2.43. The first-order chi connectivity index (χ1) is 8.24. The van der Waals surface area contributed by atoms with Crippen molar-refractivity contribution >= 4 is 0 Å². The minimum Gasteiger partial charge on any atom is -0.388 e. The Balaban J connectivity index is 1.98. The van der Waals surface area contributed by atoms with Crippen molar-refractivity contribution in [3.05, 3.63) is 23.5 Å². The maximum Gasteiger partial charge on any atom is 0.0807 e. The van der Waals surface area contributed by atoms with Crippen molar-refractivity contribution in [3.63, 3.8) is 0 Å². The molecule has 1 N–H and O–H groups in total. The molecule has 3 nitrogen and oxygen atoms in total. The zero-order chi connectivity index (χ0) is 12.3. The van der Waals surface area contributed by atoms with Crippen LogP contribution in [0.2, 0.25) is 0 Å². The lowest BCUT2D eigenvalue weighted by molar-refractivity contribution is 0.157. The summed E-state index contributed by atoms with van der Waals surface area (Å²) in [6, 6.07) is 0. The zero-order valence-electron chi connectivity index (χ0n) is 11.0. The standard InChI is InChI=1S/C14H24N2O/c1-3-15(4-2)8-9-16-10-12-6-5-7-14(17)13(12)11-16/h10-11,14,17H,3-9H2,1-2H3. The molecule has 0 saturated carbocycles. The molecule has 1 aliphatic carbocycles. The van der Waals surface area contributed by atoms with E-state index in [4.69, 9.17) is 0 Å². The van der Waals surface area contributed by atoms with Gasteiger partial charge in [0.25, 0.3) is 0 Å². The Bertz CT molecular complexity index is 355. The van der Waals surface area contributed by atoms with E-state index in [9.17, 15) is 5.11 Å². The first kappa shape index (κ1) is 12.7. The van der Waals surface area contributed by atoms with Gasteiger partial charge in [0.05, 0.1) is 6.10 Å². The molecule has 1 aromatic rings. The molecule has 1 aromatic heterocycles. The van der Waals surface area contributed by atoms with E-state index in [1.165, 1.54) is 5.56 Å². The van der Waals surface area contributed by atoms with E-state index in [1.54, 1.807) is 0 Å². The van der Waals surface area contributed by atoms with Crippen LogP contribution in [0.1, 0.15) is 43.9 Å². The van der Waals surface area contributed by atoms with Crippen molar-refractivity contribution < 1.29 is 5.11 Å². The first-order valence-corrected chi connectivity index (χ1v) is 6.83. The van der Waals surface area contributed by atoms with Crippen LogP contribution in [-0.2, 0) is 13.0 Å². The van der Waals surface area contributed by atoms with Gasteiger partial charge >= 0.3 is 0 Å². The molecule has 1 atom stereocenters. The predicted molar refractivity (Wildman–Crippen MR) is 70.1 cm³/mol. The van der Waals surface area contributed by atoms with Crippen molar-refractivity contribution in [1.29, 1.82) is 0 Å². The number of nitrogens with zero attached hydrogens (tertiary/aromatic N) is 2. The van der Waals surface area contributed by atoms with Crippen LogP contribution in [0.4, 0.5) is 0 Å². The molecular weight excluding hydrogens is 212 g/mol. The third kappa shape index (κ3) is 2.90. The van der Waals surface area contributed by atoms with Gasteiger partial charge in [-0.2, -0.15) is 0 Å². The summed E-state index contributed by atoms with van der Waals surface area (Å²) in [6.07, 6.45) is 7.31. The number of aromatic nitrogens is 1. The molecular formula is C14H24N2O. The summed E-state index contributed by atoms with van der Waals surface area (Å²) in [5, 5.41) is 9.92. The third-order valence-electron chi connectivity index (χ3n) is 3.85. The molecule has 17 heavy (non-hydrogen) atoms. The lowest BCUT2D eigenvalue weighted by Crippen LogP contribution is -2.26. The highest BCUT2D eigenvalue weighted by Crippen LogP contribution is 2.30. The van der Waals surface area contributed by atoms with E-state index >= 15 is 0 Å². The van der Waals surface area contributed by atoms with E-state index in [0.717, 1.165) is 51.0 Å². The molecule has 0 radical (unpaired) electrons. The molecule has 1 aliphatic rings. The van der Waals surface area contributed by atoms with Gasteiger partial charge in [0.1, 0.15) is 0 Å². The first-order valence-electron chi connectivity index (χ1n) is 6.83. The van der Waals surface area contributed by atoms with Gasteiger partial charge in [0.2, 0.25) is 0 Å². The predicted octanol–water partition coefficient (Wildman–Crippen LogP) is 2.20. The molecule has 1 unspecified atom stereocenters. The van der Waals surface area contributed by atoms with Crippen LogP contribution in [0.3, 0.4) is 0 Å². The number of aryl methyl sites for hydroxylation is 1. The molecule has 0 aliphatic heterocycles.